The molecule has 0 spiro atoms. The van der Waals surface area contributed by atoms with Crippen molar-refractivity contribution in [3.8, 4) is 0 Å². The lowest BCUT2D eigenvalue weighted by Crippen LogP contribution is -2.49. The molecule has 3 heteroatoms. The maximum Gasteiger partial charge on any atom is 0.0551 e. The van der Waals surface area contributed by atoms with Crippen LogP contribution in [0.15, 0.2) is 30.3 Å². The first kappa shape index (κ1) is 15.3. The molecule has 0 aliphatic carbocycles. The van der Waals surface area contributed by atoms with Gasteiger partial charge in [0.2, 0.25) is 0 Å². The molecule has 1 unspecified atom stereocenters. The smallest absolute Gasteiger partial charge is 0.0551 e. The van der Waals surface area contributed by atoms with Gasteiger partial charge in [0.15, 0.2) is 0 Å². The molecule has 112 valence electrons. The van der Waals surface area contributed by atoms with E-state index in [4.69, 9.17) is 4.74 Å². The van der Waals surface area contributed by atoms with E-state index in [0.29, 0.717) is 0 Å². The van der Waals surface area contributed by atoms with Crippen molar-refractivity contribution in [3.63, 3.8) is 0 Å². The molecule has 1 heterocycles. The van der Waals surface area contributed by atoms with E-state index in [1.54, 1.807) is 0 Å². The maximum absolute atomic E-state index is 5.80. The van der Waals surface area contributed by atoms with Gasteiger partial charge in [-0.2, -0.15) is 0 Å². The van der Waals surface area contributed by atoms with Gasteiger partial charge in [0.25, 0.3) is 0 Å². The fourth-order valence-electron chi connectivity index (χ4n) is 3.05. The average molecular weight is 276 g/mol. The van der Waals surface area contributed by atoms with Crippen molar-refractivity contribution in [2.24, 2.45) is 5.41 Å². The molecule has 0 bridgehead atoms. The summed E-state index contributed by atoms with van der Waals surface area (Å²) in [6.07, 6.45) is 2.43. The molecular weight excluding hydrogens is 248 g/mol. The molecule has 1 aliphatic heterocycles. The SMILES string of the molecule is CCNCC1(CN(CC)c2ccccc2)CCCOC1. The Labute approximate surface area is 123 Å². The van der Waals surface area contributed by atoms with Crippen LogP contribution in [-0.2, 0) is 4.74 Å². The van der Waals surface area contributed by atoms with E-state index >= 15 is 0 Å². The largest absolute Gasteiger partial charge is 0.381 e. The van der Waals surface area contributed by atoms with Gasteiger partial charge in [0, 0.05) is 37.3 Å². The number of anilines is 1. The van der Waals surface area contributed by atoms with Gasteiger partial charge in [-0.3, -0.25) is 0 Å². The standard InChI is InChI=1S/C17H28N2O/c1-3-18-13-17(11-8-12-20-15-17)14-19(4-2)16-9-6-5-7-10-16/h5-7,9-10,18H,3-4,8,11-15H2,1-2H3. The monoisotopic (exact) mass is 276 g/mol. The molecule has 1 aromatic carbocycles. The lowest BCUT2D eigenvalue weighted by molar-refractivity contribution is -0.00289. The van der Waals surface area contributed by atoms with E-state index in [0.717, 1.165) is 39.4 Å². The number of para-hydroxylation sites is 1. The number of hydrogen-bond acceptors (Lipinski definition) is 3. The lowest BCUT2D eigenvalue weighted by atomic mass is 9.81. The van der Waals surface area contributed by atoms with Gasteiger partial charge >= 0.3 is 0 Å². The minimum absolute atomic E-state index is 0.250. The fourth-order valence-corrected chi connectivity index (χ4v) is 3.05. The first-order valence-electron chi connectivity index (χ1n) is 7.88. The highest BCUT2D eigenvalue weighted by Gasteiger charge is 2.34. The van der Waals surface area contributed by atoms with Crippen LogP contribution in [0.4, 0.5) is 5.69 Å². The number of rotatable bonds is 7. The van der Waals surface area contributed by atoms with E-state index in [9.17, 15) is 0 Å². The number of benzene rings is 1. The lowest BCUT2D eigenvalue weighted by Gasteiger charge is -2.41. The number of ether oxygens (including phenoxy) is 1. The summed E-state index contributed by atoms with van der Waals surface area (Å²) in [5.74, 6) is 0. The number of nitrogens with zero attached hydrogens (tertiary/aromatic N) is 1. The molecule has 1 aromatic rings. The summed E-state index contributed by atoms with van der Waals surface area (Å²) in [7, 11) is 0. The van der Waals surface area contributed by atoms with Crippen molar-refractivity contribution in [1.82, 2.24) is 5.32 Å². The Hall–Kier alpha value is -1.06. The molecule has 0 radical (unpaired) electrons. The Morgan fingerprint density at radius 1 is 1.25 bits per heavy atom. The maximum atomic E-state index is 5.80. The first-order chi connectivity index (χ1) is 9.79. The van der Waals surface area contributed by atoms with Crippen molar-refractivity contribution < 1.29 is 4.74 Å². The first-order valence-corrected chi connectivity index (χ1v) is 7.88. The van der Waals surface area contributed by atoms with Crippen LogP contribution >= 0.6 is 0 Å². The zero-order valence-electron chi connectivity index (χ0n) is 12.9. The number of hydrogen-bond donors (Lipinski definition) is 1. The van der Waals surface area contributed by atoms with Crippen molar-refractivity contribution in [2.75, 3.05) is 44.3 Å². The molecule has 0 amide bonds. The average Bonchev–Trinajstić information content (AvgIpc) is 2.53. The van der Waals surface area contributed by atoms with Crippen molar-refractivity contribution in [3.05, 3.63) is 30.3 Å². The van der Waals surface area contributed by atoms with Crippen molar-refractivity contribution in [1.29, 1.82) is 0 Å². The van der Waals surface area contributed by atoms with Crippen LogP contribution in [-0.4, -0.2) is 39.4 Å². The quantitative estimate of drug-likeness (QED) is 0.828. The summed E-state index contributed by atoms with van der Waals surface area (Å²) in [5.41, 5.74) is 1.57. The Kier molecular flexibility index (Phi) is 5.86. The summed E-state index contributed by atoms with van der Waals surface area (Å²) in [6, 6.07) is 10.7. The predicted octanol–water partition coefficient (Wildman–Crippen LogP) is 2.92. The van der Waals surface area contributed by atoms with E-state index in [1.165, 1.54) is 18.5 Å². The molecule has 0 aromatic heterocycles. The number of nitrogens with one attached hydrogen (secondary N) is 1. The van der Waals surface area contributed by atoms with Gasteiger partial charge < -0.3 is 15.0 Å². The highest BCUT2D eigenvalue weighted by atomic mass is 16.5. The van der Waals surface area contributed by atoms with Gasteiger partial charge in [0.05, 0.1) is 6.61 Å². The van der Waals surface area contributed by atoms with Crippen LogP contribution in [0.25, 0.3) is 0 Å². The Morgan fingerprint density at radius 2 is 2.05 bits per heavy atom. The minimum atomic E-state index is 0.250. The summed E-state index contributed by atoms with van der Waals surface area (Å²) in [5, 5.41) is 3.53. The third kappa shape index (κ3) is 3.97. The summed E-state index contributed by atoms with van der Waals surface area (Å²) >= 11 is 0. The Balaban J connectivity index is 2.08. The highest BCUT2D eigenvalue weighted by molar-refractivity contribution is 5.46. The second-order valence-corrected chi connectivity index (χ2v) is 5.79. The van der Waals surface area contributed by atoms with E-state index in [-0.39, 0.29) is 5.41 Å². The van der Waals surface area contributed by atoms with Crippen LogP contribution in [0.3, 0.4) is 0 Å². The highest BCUT2D eigenvalue weighted by Crippen LogP contribution is 2.31. The van der Waals surface area contributed by atoms with Crippen LogP contribution in [0.1, 0.15) is 26.7 Å². The molecule has 0 saturated carbocycles. The summed E-state index contributed by atoms with van der Waals surface area (Å²) < 4.78 is 5.80. The molecule has 20 heavy (non-hydrogen) atoms. The fraction of sp³-hybridized carbons (Fsp3) is 0.647. The molecule has 1 N–H and O–H groups in total. The zero-order valence-corrected chi connectivity index (χ0v) is 12.9. The summed E-state index contributed by atoms with van der Waals surface area (Å²) in [6.45, 7) is 10.4. The van der Waals surface area contributed by atoms with Crippen LogP contribution in [0.2, 0.25) is 0 Å². The van der Waals surface area contributed by atoms with Crippen LogP contribution < -0.4 is 10.2 Å². The Morgan fingerprint density at radius 3 is 2.65 bits per heavy atom. The second-order valence-electron chi connectivity index (χ2n) is 5.79. The normalized spacial score (nSPS) is 22.7. The molecule has 2 rings (SSSR count). The van der Waals surface area contributed by atoms with Gasteiger partial charge in [-0.05, 0) is 38.4 Å². The minimum Gasteiger partial charge on any atom is -0.381 e. The van der Waals surface area contributed by atoms with E-state index < -0.39 is 0 Å². The topological polar surface area (TPSA) is 24.5 Å². The molecule has 1 fully saturated rings. The molecule has 1 aliphatic rings. The van der Waals surface area contributed by atoms with Gasteiger partial charge in [-0.25, -0.2) is 0 Å². The third-order valence-electron chi connectivity index (χ3n) is 4.18. The molecule has 1 saturated heterocycles. The van der Waals surface area contributed by atoms with Gasteiger partial charge in [0.1, 0.15) is 0 Å². The zero-order chi connectivity index (χ0) is 14.3. The summed E-state index contributed by atoms with van der Waals surface area (Å²) in [4.78, 5) is 2.48. The molecule has 1 atom stereocenters. The van der Waals surface area contributed by atoms with Gasteiger partial charge in [-0.1, -0.05) is 25.1 Å². The third-order valence-corrected chi connectivity index (χ3v) is 4.18. The molecule has 3 nitrogen and oxygen atoms in total. The predicted molar refractivity (Wildman–Crippen MR) is 85.4 cm³/mol. The van der Waals surface area contributed by atoms with E-state index in [1.807, 2.05) is 0 Å². The molecular formula is C17H28N2O. The second kappa shape index (κ2) is 7.65. The van der Waals surface area contributed by atoms with Gasteiger partial charge in [-0.15, -0.1) is 0 Å². The van der Waals surface area contributed by atoms with Crippen molar-refractivity contribution in [2.45, 2.75) is 26.7 Å². The van der Waals surface area contributed by atoms with Crippen LogP contribution in [0.5, 0.6) is 0 Å². The van der Waals surface area contributed by atoms with Crippen LogP contribution in [0, 0.1) is 5.41 Å². The van der Waals surface area contributed by atoms with Crippen molar-refractivity contribution >= 4 is 5.69 Å². The Bertz CT molecular complexity index is 374. The van der Waals surface area contributed by atoms with E-state index in [2.05, 4.69) is 54.4 Å².